The van der Waals surface area contributed by atoms with E-state index >= 15 is 0 Å². The molecule has 0 saturated heterocycles. The van der Waals surface area contributed by atoms with Crippen molar-refractivity contribution in [2.45, 2.75) is 0 Å². The summed E-state index contributed by atoms with van der Waals surface area (Å²) in [5.41, 5.74) is 2.03. The Morgan fingerprint density at radius 1 is 0.560 bits per heavy atom. The van der Waals surface area contributed by atoms with E-state index in [0.717, 1.165) is 27.7 Å². The number of fused-ring (bicyclic) bond motifs is 3. The third kappa shape index (κ3) is 4.30. The van der Waals surface area contributed by atoms with E-state index in [1.165, 1.54) is 5.39 Å². The molecule has 25 heavy (non-hydrogen) atoms. The zero-order chi connectivity index (χ0) is 17.9. The van der Waals surface area contributed by atoms with E-state index in [-0.39, 0.29) is 0 Å². The van der Waals surface area contributed by atoms with Crippen LogP contribution in [0.2, 0.25) is 0 Å². The summed E-state index contributed by atoms with van der Waals surface area (Å²) in [5.74, 6) is 0.930. The van der Waals surface area contributed by atoms with Gasteiger partial charge in [0, 0.05) is 11.5 Å². The van der Waals surface area contributed by atoms with Crippen LogP contribution in [0.3, 0.4) is 0 Å². The maximum absolute atomic E-state index is 8.49. The fourth-order valence-electron chi connectivity index (χ4n) is 2.66. The second-order valence-electron chi connectivity index (χ2n) is 5.22. The largest absolute Gasteiger partial charge is 0.368 e. The summed E-state index contributed by atoms with van der Waals surface area (Å²) in [7, 11) is -4.94. The van der Waals surface area contributed by atoms with E-state index in [4.69, 9.17) is 23.1 Å². The highest BCUT2D eigenvalue weighted by Crippen LogP contribution is 2.34. The molecule has 4 rings (SSSR count). The van der Waals surface area contributed by atoms with Gasteiger partial charge in [-0.1, -0.05) is 48.5 Å². The van der Waals surface area contributed by atoms with Crippen LogP contribution in [0.25, 0.3) is 33.1 Å². The second-order valence-corrected chi connectivity index (χ2v) is 5.97. The second kappa shape index (κ2) is 7.14. The first-order valence-electron chi connectivity index (χ1n) is 7.34. The molecule has 0 aliphatic rings. The van der Waals surface area contributed by atoms with Crippen LogP contribution in [-0.2, 0) is 0 Å². The fourth-order valence-corrected chi connectivity index (χ4v) is 2.66. The lowest BCUT2D eigenvalue weighted by Gasteiger charge is -2.17. The number of rotatable bonds is 1. The Morgan fingerprint density at radius 2 is 1.04 bits per heavy atom. The van der Waals surface area contributed by atoms with Crippen LogP contribution in [0, 0.1) is 10.2 Å². The third-order valence-electron chi connectivity index (χ3n) is 3.60. The maximum atomic E-state index is 8.49. The topological polar surface area (TPSA) is 104 Å². The predicted octanol–water partition coefficient (Wildman–Crippen LogP) is 0.778. The van der Waals surface area contributed by atoms with Crippen molar-refractivity contribution in [3.8, 4) is 11.3 Å². The Hall–Kier alpha value is -2.54. The molecule has 0 N–H and O–H groups in total. The molecule has 6 heteroatoms. The summed E-state index contributed by atoms with van der Waals surface area (Å²) >= 11 is 0. The molecule has 5 nitrogen and oxygen atoms in total. The van der Waals surface area contributed by atoms with Gasteiger partial charge in [0.25, 0.3) is 0 Å². The summed E-state index contributed by atoms with van der Waals surface area (Å²) < 4.78 is 40.1. The number of hydrogen-bond donors (Lipinski definition) is 0. The molecule has 4 aromatic rings. The number of benzene rings is 3. The van der Waals surface area contributed by atoms with Gasteiger partial charge in [-0.3, -0.25) is 0 Å². The molecule has 0 atom stereocenters. The van der Waals surface area contributed by atoms with E-state index in [9.17, 15) is 0 Å². The number of hydrogen-bond acceptors (Lipinski definition) is 4. The van der Waals surface area contributed by atoms with Crippen molar-refractivity contribution in [1.82, 2.24) is 0 Å². The molecule has 0 saturated carbocycles. The van der Waals surface area contributed by atoms with Crippen molar-refractivity contribution in [3.63, 3.8) is 0 Å². The van der Waals surface area contributed by atoms with Gasteiger partial charge in [-0.05, 0) is 24.3 Å². The van der Waals surface area contributed by atoms with E-state index in [2.05, 4.69) is 42.5 Å². The molecular formula is C19H13ClO5. The SMILES string of the molecule is [O-][Cl+3]([O-])([O-])[O-].c1ccc(-c2[o+]c3ccccc3c3ccccc23)cc1. The molecule has 0 unspecified atom stereocenters. The Kier molecular flexibility index (Phi) is 4.94. The van der Waals surface area contributed by atoms with Gasteiger partial charge in [-0.15, -0.1) is 10.2 Å². The summed E-state index contributed by atoms with van der Waals surface area (Å²) in [6.07, 6.45) is 0. The van der Waals surface area contributed by atoms with Crippen LogP contribution < -0.4 is 18.6 Å². The molecule has 126 valence electrons. The van der Waals surface area contributed by atoms with Crippen LogP contribution in [0.4, 0.5) is 0 Å². The van der Waals surface area contributed by atoms with Gasteiger partial charge < -0.3 is 0 Å². The van der Waals surface area contributed by atoms with E-state index in [1.54, 1.807) is 0 Å². The zero-order valence-corrected chi connectivity index (χ0v) is 13.7. The standard InChI is InChI=1S/C19H13O.ClHO4/c1-2-8-14(9-3-1)19-17-12-5-4-10-15(17)16-11-6-7-13-18(16)20-19;2-1(3,4)5/h1-13H;(H,2,3,4,5)/q+1;/p-1. The summed E-state index contributed by atoms with van der Waals surface area (Å²) in [6, 6.07) is 26.8. The smallest absolute Gasteiger partial charge is 0.222 e. The normalized spacial score (nSPS) is 11.2. The monoisotopic (exact) mass is 356 g/mol. The Bertz CT molecular complexity index is 991. The number of halogens is 1. The van der Waals surface area contributed by atoms with Crippen LogP contribution >= 0.6 is 0 Å². The summed E-state index contributed by atoms with van der Waals surface area (Å²) in [6.45, 7) is 0. The third-order valence-corrected chi connectivity index (χ3v) is 3.60. The highest BCUT2D eigenvalue weighted by molar-refractivity contribution is 6.09. The van der Waals surface area contributed by atoms with Crippen LogP contribution in [0.5, 0.6) is 0 Å². The molecule has 1 aromatic heterocycles. The molecule has 0 bridgehead atoms. The minimum Gasteiger partial charge on any atom is -0.222 e. The molecule has 0 spiro atoms. The first-order chi connectivity index (χ1) is 11.9. The lowest BCUT2D eigenvalue weighted by Crippen LogP contribution is -2.68. The van der Waals surface area contributed by atoms with Crippen LogP contribution in [0.1, 0.15) is 0 Å². The van der Waals surface area contributed by atoms with Gasteiger partial charge in [0.05, 0.1) is 16.3 Å². The Labute approximate surface area is 145 Å². The molecule has 0 aliphatic carbocycles. The predicted molar refractivity (Wildman–Crippen MR) is 83.6 cm³/mol. The van der Waals surface area contributed by atoms with Crippen molar-refractivity contribution < 1.29 is 33.3 Å². The molecule has 0 radical (unpaired) electrons. The lowest BCUT2D eigenvalue weighted by molar-refractivity contribution is -2.00. The van der Waals surface area contributed by atoms with Gasteiger partial charge in [0.1, 0.15) is 0 Å². The van der Waals surface area contributed by atoms with Gasteiger partial charge >= 0.3 is 11.3 Å². The van der Waals surface area contributed by atoms with Crippen LogP contribution in [0.15, 0.2) is 83.3 Å². The zero-order valence-electron chi connectivity index (χ0n) is 12.9. The first-order valence-corrected chi connectivity index (χ1v) is 8.58. The molecular weight excluding hydrogens is 344 g/mol. The van der Waals surface area contributed by atoms with Gasteiger partial charge in [-0.2, -0.15) is 0 Å². The number of para-hydroxylation sites is 1. The van der Waals surface area contributed by atoms with E-state index in [0.29, 0.717) is 0 Å². The molecule has 0 fully saturated rings. The first kappa shape index (κ1) is 17.3. The molecule has 1 heterocycles. The minimum absolute atomic E-state index is 0.921. The Morgan fingerprint density at radius 3 is 1.68 bits per heavy atom. The maximum Gasteiger partial charge on any atom is 0.368 e. The molecule has 3 aromatic carbocycles. The average molecular weight is 357 g/mol. The average Bonchev–Trinajstić information content (AvgIpc) is 2.60. The highest BCUT2D eigenvalue weighted by Gasteiger charge is 2.20. The molecule has 0 aliphatic heterocycles. The van der Waals surface area contributed by atoms with Crippen molar-refractivity contribution in [2.24, 2.45) is 0 Å². The Balaban J connectivity index is 0.000000324. The van der Waals surface area contributed by atoms with Crippen molar-refractivity contribution in [3.05, 3.63) is 78.9 Å². The molecule has 0 amide bonds. The van der Waals surface area contributed by atoms with Crippen molar-refractivity contribution in [1.29, 1.82) is 0 Å². The van der Waals surface area contributed by atoms with Gasteiger partial charge in [0.2, 0.25) is 0 Å². The van der Waals surface area contributed by atoms with E-state index in [1.807, 2.05) is 36.4 Å². The lowest BCUT2D eigenvalue weighted by atomic mass is 10.0. The summed E-state index contributed by atoms with van der Waals surface area (Å²) in [4.78, 5) is 0. The minimum atomic E-state index is -4.94. The van der Waals surface area contributed by atoms with Crippen molar-refractivity contribution in [2.75, 3.05) is 0 Å². The van der Waals surface area contributed by atoms with Crippen LogP contribution in [-0.4, -0.2) is 0 Å². The van der Waals surface area contributed by atoms with Gasteiger partial charge in [-0.25, -0.2) is 23.1 Å². The quantitative estimate of drug-likeness (QED) is 0.370. The summed E-state index contributed by atoms with van der Waals surface area (Å²) in [5, 5.41) is 3.54. The van der Waals surface area contributed by atoms with E-state index < -0.39 is 10.2 Å². The van der Waals surface area contributed by atoms with Crippen molar-refractivity contribution >= 4 is 21.7 Å². The van der Waals surface area contributed by atoms with Gasteiger partial charge in [0.15, 0.2) is 0 Å². The fraction of sp³-hybridized carbons (Fsp3) is 0. The highest BCUT2D eigenvalue weighted by atomic mass is 35.7.